The summed E-state index contributed by atoms with van der Waals surface area (Å²) in [6.45, 7) is -47.1. The van der Waals surface area contributed by atoms with Crippen molar-refractivity contribution in [2.45, 2.75) is 291 Å². The highest BCUT2D eigenvalue weighted by atomic mass is 16.5. The van der Waals surface area contributed by atoms with Crippen molar-refractivity contribution in [3.63, 3.8) is 0 Å². The summed E-state index contributed by atoms with van der Waals surface area (Å²) in [4.78, 5) is 2.54. The van der Waals surface area contributed by atoms with Crippen molar-refractivity contribution in [2.24, 2.45) is 69.5 Å². The Morgan fingerprint density at radius 3 is 0.709 bits per heavy atom. The van der Waals surface area contributed by atoms with Crippen LogP contribution in [0, 0.1) is 69.5 Å². The molecule has 0 aliphatic carbocycles. The van der Waals surface area contributed by atoms with E-state index in [1.54, 1.807) is 27.7 Å². The summed E-state index contributed by atoms with van der Waals surface area (Å²) < 4.78 is 728. The molecule has 0 radical (unpaired) electrons. The maximum Gasteiger partial charge on any atom is 0.161 e. The molecule has 24 heteroatoms. The Hall–Kier alpha value is -7.56. The number of hydrogen-bond acceptors (Lipinski definition) is 24. The number of aliphatic hydroxyl groups is 6. The number of fused-ring (bicyclic) bond motifs is 18. The number of rotatable bonds is 21. The van der Waals surface area contributed by atoms with E-state index in [2.05, 4.69) is 0 Å². The van der Waals surface area contributed by atoms with Crippen LogP contribution in [0.5, 0.6) is 69.0 Å². The van der Waals surface area contributed by atoms with Gasteiger partial charge in [-0.3, -0.25) is 29.4 Å². The highest BCUT2D eigenvalue weighted by molar-refractivity contribution is 5.55. The fourth-order valence-corrected chi connectivity index (χ4v) is 17.6. The molecule has 141 heavy (non-hydrogen) atoms. The van der Waals surface area contributed by atoms with Crippen molar-refractivity contribution in [3.8, 4) is 69.0 Å². The molecule has 12 heterocycles. The van der Waals surface area contributed by atoms with Crippen LogP contribution in [0.4, 0.5) is 0 Å². The van der Waals surface area contributed by atoms with Gasteiger partial charge in [0.1, 0.15) is 0 Å². The third kappa shape index (κ3) is 26.9. The predicted molar refractivity (Wildman–Crippen MR) is 561 cm³/mol. The zero-order valence-corrected chi connectivity index (χ0v) is 81.0. The third-order valence-corrected chi connectivity index (χ3v) is 24.1. The Bertz CT molecular complexity index is 8620. The fourth-order valence-electron chi connectivity index (χ4n) is 17.6. The van der Waals surface area contributed by atoms with Gasteiger partial charge in [0, 0.05) is 205 Å². The van der Waals surface area contributed by atoms with Gasteiger partial charge in [-0.2, -0.15) is 0 Å². The minimum atomic E-state index is -3.55. The van der Waals surface area contributed by atoms with E-state index in [0.717, 1.165) is 68.7 Å². The van der Waals surface area contributed by atoms with Gasteiger partial charge in [-0.1, -0.05) is 103 Å². The molecule has 0 spiro atoms. The number of hydrogen-bond donors (Lipinski definition) is 6. The van der Waals surface area contributed by atoms with Gasteiger partial charge in [0.15, 0.2) is 69.0 Å². The van der Waals surface area contributed by atoms with Gasteiger partial charge in [-0.25, -0.2) is 0 Å². The molecule has 0 amide bonds. The summed E-state index contributed by atoms with van der Waals surface area (Å²) in [6, 6.07) is 3.63. The first-order valence-corrected chi connectivity index (χ1v) is 45.2. The molecule has 0 saturated carbocycles. The van der Waals surface area contributed by atoms with Crippen LogP contribution in [0.2, 0.25) is 0 Å². The monoisotopic (exact) mass is 2040 g/mol. The molecule has 12 aliphatic rings. The second-order valence-electron chi connectivity index (χ2n) is 36.4. The van der Waals surface area contributed by atoms with Crippen molar-refractivity contribution in [2.75, 3.05) is 163 Å². The quantitative estimate of drug-likeness (QED) is 0.0392. The van der Waals surface area contributed by atoms with E-state index in [1.165, 1.54) is 65.9 Å². The van der Waals surface area contributed by atoms with E-state index in [4.69, 9.17) is 167 Å². The maximum absolute atomic E-state index is 11.2. The lowest BCUT2D eigenvalue weighted by molar-refractivity contribution is -0.0259. The lowest BCUT2D eigenvalue weighted by Crippen LogP contribution is -2.48. The topological polar surface area (TPSA) is 252 Å². The Balaban J connectivity index is 0.000000211. The van der Waals surface area contributed by atoms with Gasteiger partial charge in [-0.05, 0) is 324 Å². The van der Waals surface area contributed by atoms with Gasteiger partial charge in [-0.15, -0.1) is 0 Å². The van der Waals surface area contributed by atoms with Gasteiger partial charge in [0.05, 0.1) is 141 Å². The fraction of sp³-hybridized carbons (Fsp3) is 0.692. The van der Waals surface area contributed by atoms with Gasteiger partial charge >= 0.3 is 0 Å². The highest BCUT2D eigenvalue weighted by Gasteiger charge is 2.47. The van der Waals surface area contributed by atoms with Crippen LogP contribution in [0.3, 0.4) is 0 Å². The molecule has 6 aromatic carbocycles. The van der Waals surface area contributed by atoms with Crippen LogP contribution < -0.4 is 56.8 Å². The number of aliphatic hydroxyl groups excluding tert-OH is 4. The summed E-state index contributed by atoms with van der Waals surface area (Å²) >= 11 is 0. The first-order valence-electron chi connectivity index (χ1n) is 85.2. The summed E-state index contributed by atoms with van der Waals surface area (Å²) in [5.74, 6) is -17.2. The summed E-state index contributed by atoms with van der Waals surface area (Å²) in [6.07, 6.45) is -51.3. The average molecular weight is 2040 g/mol. The van der Waals surface area contributed by atoms with E-state index in [-0.39, 0.29) is 125 Å². The Morgan fingerprint density at radius 2 is 0.496 bits per heavy atom. The molecule has 6 fully saturated rings. The maximum atomic E-state index is 11.2. The molecule has 786 valence electrons. The number of benzene rings is 6. The third-order valence-electron chi connectivity index (χ3n) is 24.1. The Kier molecular flexibility index (Phi) is 15.8. The van der Waals surface area contributed by atoms with Crippen molar-refractivity contribution in [1.29, 1.82) is 0 Å². The molecule has 18 unspecified atom stereocenters. The highest BCUT2D eigenvalue weighted by Crippen LogP contribution is 2.53. The minimum absolute atomic E-state index is 0.0320. The first-order chi connectivity index (χ1) is 98.0. The van der Waals surface area contributed by atoms with Crippen LogP contribution >= 0.6 is 0 Å². The van der Waals surface area contributed by atoms with Crippen molar-refractivity contribution in [3.05, 3.63) is 140 Å². The van der Waals surface area contributed by atoms with Crippen LogP contribution in [-0.4, -0.2) is 260 Å². The van der Waals surface area contributed by atoms with E-state index >= 15 is 0 Å². The minimum Gasteiger partial charge on any atom is -0.493 e. The van der Waals surface area contributed by atoms with Gasteiger partial charge in [0.2, 0.25) is 0 Å². The standard InChI is InChI=1S/3C20H31NO3.3C19H29NO3/c3*1-20(2,3)11-14-12-21-7-6-13-8-18(23-4)19(24-5)9-15(13)16(21)10-17(14)22;3*1-12(2)7-14-11-20-6-5-13-8-18(22-3)19(23-4)9-15(13)16(20)10-17(14)21/h3*8-9,14,16-17,22H,6-7,10-12H2,1-5H3;3*8-9,12,14,16-17,21H,5-7,10-11H2,1-4H3/i2*1D3,2D3,5D3,6D2,7D2,11D2,12D2;1D3,2D3,6D2,7D2,11D2,12D2;4D3,5D2,6D2,10D2,11D2,14D,17D;5D2,6D2,10D2,11D2,14D,17D;4D3,5D2,6D2,11D2. The lowest BCUT2D eigenvalue weighted by atomic mass is 9.75. The van der Waals surface area contributed by atoms with Crippen LogP contribution in [0.15, 0.2) is 72.8 Å². The van der Waals surface area contributed by atoms with Crippen LogP contribution in [0.25, 0.3) is 0 Å². The molecular weight excluding hydrogens is 1780 g/mol. The zero-order chi connectivity index (χ0) is 172. The van der Waals surface area contributed by atoms with E-state index < -0.39 is 414 Å². The number of ether oxygens (including phenoxy) is 12. The number of piperidine rings is 6. The van der Waals surface area contributed by atoms with Crippen LogP contribution in [-0.2, 0) is 38.2 Å². The normalized spacial score (nSPS) is 46.2. The second kappa shape index (κ2) is 48.4. The molecule has 6 saturated heterocycles. The molecule has 24 nitrogen and oxygen atoms in total. The molecule has 6 aromatic rings. The summed E-state index contributed by atoms with van der Waals surface area (Å²) in [5, 5.41) is 66.8. The predicted octanol–water partition coefficient (Wildman–Crippen LogP) is 19.3. The molecule has 18 atom stereocenters. The van der Waals surface area contributed by atoms with E-state index in [9.17, 15) is 30.6 Å². The zero-order valence-electron chi connectivity index (χ0n) is 161. The summed E-state index contributed by atoms with van der Waals surface area (Å²) in [5.41, 5.74) is -12.4. The van der Waals surface area contributed by atoms with E-state index in [1.807, 2.05) is 13.8 Å². The van der Waals surface area contributed by atoms with Gasteiger partial charge < -0.3 is 87.5 Å². The number of nitrogens with zero attached hydrogens (tertiary/aromatic N) is 6. The Labute approximate surface area is 958 Å². The van der Waals surface area contributed by atoms with Crippen molar-refractivity contribution >= 4 is 0 Å². The molecule has 6 N–H and O–H groups in total. The first kappa shape index (κ1) is 46.1. The Morgan fingerprint density at radius 1 is 0.298 bits per heavy atom. The van der Waals surface area contributed by atoms with Crippen LogP contribution in [0.1, 0.15) is 393 Å². The SMILES string of the molecule is [2H]C([2H])([2H])Oc1cc2c(cc1OC)C([2H])([2H])C([2H])([2H])N1C2C([2H])([2H])C([2H])(O)C([2H])(CC(C)C)C1([2H])[2H].[2H]C([2H])([2H])Oc1cc2c(cc1OC)C([2H])([2H])C([2H])([2H])N1C2CC(O)C(C([2H])([2H])C(C)(C([2H])([2H])[2H])C([2H])([2H])[2H])C1([2H])[2H].[2H]C([2H])([2H])Oc1cc2c(cc1OC)C([2H])([2H])C([2H])([2H])N1C2CC(O)C(C([2H])([2H])C(C)(C([2H])([2H])[2H])C([2H])([2H])[2H])C1([2H])[2H].[2H]C([2H])([2H])Oc1cc2c(cc1OC)C([2H])([2H])C([2H])([2H])N1C2CC(O)C(CC(C)C)C1([2H])[2H].[2H]C1([2H])C(C([2H])([2H])C(C)(C([2H])([2H])[2H])C([2H])([2H])[2H])C(O)CC2c3cc(OC)c(OC)cc3C([2H])([2H])C([2H])([2H])N21.[2H]C1([2H])c2cc(OC)c(OC)cc2C2N(C1([2H])[2H])C([2H])([2H])C([2H])(CC(C)C)C([2H])(O)C2([2H])[2H]. The largest absolute Gasteiger partial charge is 0.493 e. The molecular formula is C117H180N6O18. The van der Waals surface area contributed by atoms with E-state index in [0.29, 0.717) is 46.8 Å². The molecule has 18 rings (SSSR count). The average Bonchev–Trinajstić information content (AvgIpc) is 0.651. The smallest absolute Gasteiger partial charge is 0.161 e. The van der Waals surface area contributed by atoms with Crippen molar-refractivity contribution < 1.29 is 197 Å². The molecule has 0 aromatic heterocycles. The number of methoxy groups -OCH3 is 12. The molecule has 12 aliphatic heterocycles. The van der Waals surface area contributed by atoms with Crippen molar-refractivity contribution in [1.82, 2.24) is 29.4 Å². The molecule has 0 bridgehead atoms. The van der Waals surface area contributed by atoms with Gasteiger partial charge in [0.25, 0.3) is 0 Å². The summed E-state index contributed by atoms with van der Waals surface area (Å²) in [7, 11) is -1.96. The second-order valence-corrected chi connectivity index (χ2v) is 36.4. The lowest BCUT2D eigenvalue weighted by Gasteiger charge is -2.47. The number of aryl methyl sites for hydroxylation is 6.